The van der Waals surface area contributed by atoms with E-state index in [0.717, 1.165) is 74.9 Å². The highest BCUT2D eigenvalue weighted by Gasteiger charge is 2.24. The highest BCUT2D eigenvalue weighted by molar-refractivity contribution is 5.84. The highest BCUT2D eigenvalue weighted by atomic mass is 16.5. The summed E-state index contributed by atoms with van der Waals surface area (Å²) < 4.78 is 11.4. The lowest BCUT2D eigenvalue weighted by molar-refractivity contribution is -0.119. The molecule has 0 unspecified atom stereocenters. The molecule has 34 heavy (non-hydrogen) atoms. The summed E-state index contributed by atoms with van der Waals surface area (Å²) in [5.74, 6) is 2.41. The van der Waals surface area contributed by atoms with Gasteiger partial charge in [0.25, 0.3) is 0 Å². The van der Waals surface area contributed by atoms with Gasteiger partial charge in [0.05, 0.1) is 19.8 Å². The molecule has 0 aromatic carbocycles. The summed E-state index contributed by atoms with van der Waals surface area (Å²) in [7, 11) is 1.95. The number of Topliss-reactive ketones (excluding diaryl/α,β-unsaturated/α-hetero) is 1. The number of hydrogen-bond donors (Lipinski definition) is 0. The lowest BCUT2D eigenvalue weighted by Crippen LogP contribution is -2.38. The Bertz CT molecular complexity index is 998. The molecule has 1 aliphatic carbocycles. The summed E-state index contributed by atoms with van der Waals surface area (Å²) in [5.41, 5.74) is 2.89. The van der Waals surface area contributed by atoms with Gasteiger partial charge in [-0.3, -0.25) is 14.7 Å². The predicted molar refractivity (Wildman–Crippen MR) is 132 cm³/mol. The maximum Gasteiger partial charge on any atom is 0.180 e. The SMILES string of the molecule is CN(CC(=O)CC(C)(C)C)c1nc(-c2cc(OCCN3CCOCC3)ccn2)nc2c1CCC2. The fourth-order valence-corrected chi connectivity index (χ4v) is 4.57. The Hall–Kier alpha value is -2.58. The molecule has 184 valence electrons. The van der Waals surface area contributed by atoms with Crippen LogP contribution in [0.15, 0.2) is 18.3 Å². The van der Waals surface area contributed by atoms with E-state index in [2.05, 4.69) is 30.7 Å². The van der Waals surface area contributed by atoms with Gasteiger partial charge in [0, 0.05) is 56.6 Å². The number of nitrogens with zero attached hydrogens (tertiary/aromatic N) is 5. The summed E-state index contributed by atoms with van der Waals surface area (Å²) >= 11 is 0. The Labute approximate surface area is 202 Å². The Morgan fingerprint density at radius 3 is 2.76 bits per heavy atom. The number of rotatable bonds is 9. The zero-order valence-corrected chi connectivity index (χ0v) is 21.0. The van der Waals surface area contributed by atoms with Crippen molar-refractivity contribution < 1.29 is 14.3 Å². The Kier molecular flexibility index (Phi) is 7.78. The number of ether oxygens (including phenoxy) is 2. The normalized spacial score (nSPS) is 16.4. The maximum absolute atomic E-state index is 12.6. The maximum atomic E-state index is 12.6. The molecule has 1 fully saturated rings. The van der Waals surface area contributed by atoms with Crippen LogP contribution in [0.4, 0.5) is 5.82 Å². The first-order valence-electron chi connectivity index (χ1n) is 12.3. The van der Waals surface area contributed by atoms with Crippen molar-refractivity contribution in [1.82, 2.24) is 19.9 Å². The molecule has 0 spiro atoms. The fraction of sp³-hybridized carbons (Fsp3) is 0.615. The van der Waals surface area contributed by atoms with Gasteiger partial charge >= 0.3 is 0 Å². The van der Waals surface area contributed by atoms with Gasteiger partial charge in [0.1, 0.15) is 23.9 Å². The number of carbonyl (C=O) groups excluding carboxylic acids is 1. The molecule has 2 aromatic heterocycles. The zero-order chi connectivity index (χ0) is 24.1. The second kappa shape index (κ2) is 10.8. The van der Waals surface area contributed by atoms with Crippen LogP contribution in [0.25, 0.3) is 11.5 Å². The van der Waals surface area contributed by atoms with E-state index in [0.29, 0.717) is 31.1 Å². The highest BCUT2D eigenvalue weighted by Crippen LogP contribution is 2.31. The lowest BCUT2D eigenvalue weighted by atomic mass is 9.90. The van der Waals surface area contributed by atoms with Crippen LogP contribution in [-0.2, 0) is 22.4 Å². The van der Waals surface area contributed by atoms with E-state index >= 15 is 0 Å². The van der Waals surface area contributed by atoms with Crippen molar-refractivity contribution in [2.75, 3.05) is 57.9 Å². The molecule has 0 amide bonds. The standard InChI is InChI=1S/C26H37N5O3/c1-26(2,3)17-19(32)18-30(4)25-21-6-5-7-22(21)28-24(29-25)23-16-20(8-9-27-23)34-15-12-31-10-13-33-14-11-31/h8-9,16H,5-7,10-15,17-18H2,1-4H3. The van der Waals surface area contributed by atoms with Crippen molar-refractivity contribution in [2.24, 2.45) is 5.41 Å². The second-order valence-corrected chi connectivity index (χ2v) is 10.5. The molecule has 4 rings (SSSR count). The van der Waals surface area contributed by atoms with Gasteiger partial charge in [-0.05, 0) is 30.7 Å². The van der Waals surface area contributed by atoms with Crippen molar-refractivity contribution in [2.45, 2.75) is 46.5 Å². The molecule has 1 aliphatic heterocycles. The number of carbonyl (C=O) groups is 1. The molecular formula is C26H37N5O3. The number of fused-ring (bicyclic) bond motifs is 1. The first-order chi connectivity index (χ1) is 16.3. The Morgan fingerprint density at radius 2 is 2.00 bits per heavy atom. The van der Waals surface area contributed by atoms with Crippen LogP contribution < -0.4 is 9.64 Å². The average Bonchev–Trinajstić information content (AvgIpc) is 3.27. The zero-order valence-electron chi connectivity index (χ0n) is 21.0. The number of pyridine rings is 1. The topological polar surface area (TPSA) is 80.7 Å². The van der Waals surface area contributed by atoms with Crippen LogP contribution in [0.1, 0.15) is 44.9 Å². The molecule has 2 aliphatic rings. The van der Waals surface area contributed by atoms with Crippen molar-refractivity contribution >= 4 is 11.6 Å². The second-order valence-electron chi connectivity index (χ2n) is 10.5. The van der Waals surface area contributed by atoms with Crippen molar-refractivity contribution in [1.29, 1.82) is 0 Å². The molecule has 0 radical (unpaired) electrons. The molecule has 0 bridgehead atoms. The first-order valence-corrected chi connectivity index (χ1v) is 12.3. The number of likely N-dealkylation sites (N-methyl/N-ethyl adjacent to an activating group) is 1. The van der Waals surface area contributed by atoms with Crippen LogP contribution in [0.2, 0.25) is 0 Å². The third-order valence-corrected chi connectivity index (χ3v) is 6.15. The van der Waals surface area contributed by atoms with Crippen LogP contribution >= 0.6 is 0 Å². The van der Waals surface area contributed by atoms with E-state index in [-0.39, 0.29) is 11.2 Å². The van der Waals surface area contributed by atoms with Gasteiger partial charge in [-0.2, -0.15) is 0 Å². The average molecular weight is 468 g/mol. The van der Waals surface area contributed by atoms with Crippen LogP contribution in [0, 0.1) is 5.41 Å². The smallest absolute Gasteiger partial charge is 0.180 e. The van der Waals surface area contributed by atoms with E-state index in [1.165, 1.54) is 0 Å². The van der Waals surface area contributed by atoms with Gasteiger partial charge in [0.2, 0.25) is 0 Å². The van der Waals surface area contributed by atoms with Gasteiger partial charge in [-0.15, -0.1) is 0 Å². The largest absolute Gasteiger partial charge is 0.492 e. The third kappa shape index (κ3) is 6.51. The van der Waals surface area contributed by atoms with Gasteiger partial charge in [-0.25, -0.2) is 9.97 Å². The van der Waals surface area contributed by atoms with Crippen molar-refractivity contribution in [3.8, 4) is 17.3 Å². The molecule has 3 heterocycles. The number of aromatic nitrogens is 3. The molecule has 2 aromatic rings. The molecule has 0 saturated carbocycles. The predicted octanol–water partition coefficient (Wildman–Crippen LogP) is 3.18. The van der Waals surface area contributed by atoms with Crippen LogP contribution in [-0.4, -0.2) is 78.7 Å². The minimum atomic E-state index is -0.0250. The summed E-state index contributed by atoms with van der Waals surface area (Å²) in [5, 5.41) is 0. The summed E-state index contributed by atoms with van der Waals surface area (Å²) in [6, 6.07) is 3.78. The number of anilines is 1. The van der Waals surface area contributed by atoms with Crippen LogP contribution in [0.5, 0.6) is 5.75 Å². The monoisotopic (exact) mass is 467 g/mol. The fourth-order valence-electron chi connectivity index (χ4n) is 4.57. The number of morpholine rings is 1. The minimum Gasteiger partial charge on any atom is -0.492 e. The number of hydrogen-bond acceptors (Lipinski definition) is 8. The molecule has 8 nitrogen and oxygen atoms in total. The molecule has 8 heteroatoms. The molecule has 0 N–H and O–H groups in total. The van der Waals surface area contributed by atoms with E-state index < -0.39 is 0 Å². The Morgan fingerprint density at radius 1 is 1.21 bits per heavy atom. The lowest BCUT2D eigenvalue weighted by Gasteiger charge is -2.26. The minimum absolute atomic E-state index is 0.0250. The Balaban J connectivity index is 1.48. The summed E-state index contributed by atoms with van der Waals surface area (Å²) in [4.78, 5) is 31.2. The van der Waals surface area contributed by atoms with Gasteiger partial charge in [0.15, 0.2) is 11.6 Å². The molecule has 0 atom stereocenters. The van der Waals surface area contributed by atoms with E-state index in [1.807, 2.05) is 24.1 Å². The first kappa shape index (κ1) is 24.5. The third-order valence-electron chi connectivity index (χ3n) is 6.15. The van der Waals surface area contributed by atoms with E-state index in [9.17, 15) is 4.79 Å². The van der Waals surface area contributed by atoms with E-state index in [1.54, 1.807) is 6.20 Å². The van der Waals surface area contributed by atoms with Gasteiger partial charge in [-0.1, -0.05) is 20.8 Å². The molecular weight excluding hydrogens is 430 g/mol. The molecule has 1 saturated heterocycles. The number of ketones is 1. The van der Waals surface area contributed by atoms with Crippen molar-refractivity contribution in [3.63, 3.8) is 0 Å². The van der Waals surface area contributed by atoms with Crippen molar-refractivity contribution in [3.05, 3.63) is 29.6 Å². The van der Waals surface area contributed by atoms with Crippen LogP contribution in [0.3, 0.4) is 0 Å². The summed E-state index contributed by atoms with van der Waals surface area (Å²) in [6.07, 6.45) is 5.22. The summed E-state index contributed by atoms with van der Waals surface area (Å²) in [6.45, 7) is 11.6. The quantitative estimate of drug-likeness (QED) is 0.556. The van der Waals surface area contributed by atoms with Gasteiger partial charge < -0.3 is 14.4 Å². The van der Waals surface area contributed by atoms with E-state index in [4.69, 9.17) is 19.4 Å². The number of aryl methyl sites for hydroxylation is 1.